The predicted molar refractivity (Wildman–Crippen MR) is 62.5 cm³/mol. The van der Waals surface area contributed by atoms with Crippen molar-refractivity contribution in [2.24, 2.45) is 5.92 Å². The Morgan fingerprint density at radius 1 is 1.47 bits per heavy atom. The summed E-state index contributed by atoms with van der Waals surface area (Å²) in [4.78, 5) is 0. The van der Waals surface area contributed by atoms with Crippen molar-refractivity contribution in [1.29, 1.82) is 0 Å². The van der Waals surface area contributed by atoms with Crippen LogP contribution in [-0.4, -0.2) is 19.7 Å². The molecular weight excluding hydrogens is 210 g/mol. The lowest BCUT2D eigenvalue weighted by molar-refractivity contribution is 0.218. The third-order valence-electron chi connectivity index (χ3n) is 2.68. The Bertz CT molecular complexity index is 310. The van der Waals surface area contributed by atoms with E-state index in [9.17, 15) is 0 Å². The minimum absolute atomic E-state index is 0.637. The average Bonchev–Trinajstić information content (AvgIpc) is 2.28. The van der Waals surface area contributed by atoms with Crippen molar-refractivity contribution in [3.8, 4) is 5.75 Å². The van der Waals surface area contributed by atoms with E-state index in [1.807, 2.05) is 24.3 Å². The molecule has 1 heterocycles. The lowest BCUT2D eigenvalue weighted by atomic mass is 10.0. The number of ether oxygens (including phenoxy) is 1. The molecule has 1 fully saturated rings. The Labute approximate surface area is 95.6 Å². The van der Waals surface area contributed by atoms with Crippen LogP contribution in [0.4, 0.5) is 0 Å². The zero-order valence-corrected chi connectivity index (χ0v) is 9.46. The zero-order chi connectivity index (χ0) is 10.5. The van der Waals surface area contributed by atoms with Gasteiger partial charge in [-0.1, -0.05) is 17.7 Å². The van der Waals surface area contributed by atoms with E-state index in [-0.39, 0.29) is 0 Å². The monoisotopic (exact) mass is 225 g/mol. The number of halogens is 1. The molecule has 1 N–H and O–H groups in total. The highest BCUT2D eigenvalue weighted by atomic mass is 35.5. The smallest absolute Gasteiger partial charge is 0.120 e. The van der Waals surface area contributed by atoms with Gasteiger partial charge in [0.2, 0.25) is 0 Å². The van der Waals surface area contributed by atoms with E-state index < -0.39 is 0 Å². The lowest BCUT2D eigenvalue weighted by Gasteiger charge is -2.22. The summed E-state index contributed by atoms with van der Waals surface area (Å²) < 4.78 is 5.70. The van der Waals surface area contributed by atoms with Crippen molar-refractivity contribution in [3.63, 3.8) is 0 Å². The van der Waals surface area contributed by atoms with Crippen LogP contribution in [0.25, 0.3) is 0 Å². The predicted octanol–water partition coefficient (Wildman–Crippen LogP) is 2.72. The summed E-state index contributed by atoms with van der Waals surface area (Å²) in [6.45, 7) is 3.00. The molecule has 1 saturated heterocycles. The number of hydrogen-bond acceptors (Lipinski definition) is 2. The molecule has 3 heteroatoms. The fourth-order valence-corrected chi connectivity index (χ4v) is 2.02. The molecule has 1 aromatic rings. The van der Waals surface area contributed by atoms with Crippen LogP contribution < -0.4 is 10.1 Å². The van der Waals surface area contributed by atoms with Gasteiger partial charge in [-0.2, -0.15) is 0 Å². The van der Waals surface area contributed by atoms with E-state index in [1.54, 1.807) is 0 Å². The van der Waals surface area contributed by atoms with E-state index >= 15 is 0 Å². The van der Waals surface area contributed by atoms with Gasteiger partial charge in [-0.15, -0.1) is 0 Å². The van der Waals surface area contributed by atoms with Gasteiger partial charge in [0.15, 0.2) is 0 Å². The van der Waals surface area contributed by atoms with Gasteiger partial charge in [0.05, 0.1) is 6.61 Å². The summed E-state index contributed by atoms with van der Waals surface area (Å²) in [6.07, 6.45) is 2.51. The third kappa shape index (κ3) is 3.40. The Morgan fingerprint density at radius 3 is 3.13 bits per heavy atom. The van der Waals surface area contributed by atoms with Crippen LogP contribution in [-0.2, 0) is 0 Å². The molecule has 1 aliphatic heterocycles. The molecule has 1 aromatic carbocycles. The molecule has 0 radical (unpaired) electrons. The van der Waals surface area contributed by atoms with Gasteiger partial charge in [0, 0.05) is 17.5 Å². The topological polar surface area (TPSA) is 21.3 Å². The van der Waals surface area contributed by atoms with Gasteiger partial charge in [0.1, 0.15) is 5.75 Å². The zero-order valence-electron chi connectivity index (χ0n) is 8.71. The molecular formula is C12H16ClNO. The highest BCUT2D eigenvalue weighted by Crippen LogP contribution is 2.19. The molecule has 0 amide bonds. The Hall–Kier alpha value is -0.730. The first-order chi connectivity index (χ1) is 7.34. The maximum atomic E-state index is 5.87. The second-order valence-electron chi connectivity index (χ2n) is 3.98. The van der Waals surface area contributed by atoms with E-state index in [2.05, 4.69) is 5.32 Å². The van der Waals surface area contributed by atoms with E-state index in [0.717, 1.165) is 30.5 Å². The van der Waals surface area contributed by atoms with Crippen LogP contribution in [0.15, 0.2) is 24.3 Å². The van der Waals surface area contributed by atoms with Gasteiger partial charge >= 0.3 is 0 Å². The maximum absolute atomic E-state index is 5.87. The number of benzene rings is 1. The van der Waals surface area contributed by atoms with Gasteiger partial charge in [-0.05, 0) is 37.6 Å². The normalized spacial score (nSPS) is 21.3. The molecule has 2 rings (SSSR count). The van der Waals surface area contributed by atoms with Crippen LogP contribution in [0, 0.1) is 5.92 Å². The minimum atomic E-state index is 0.637. The van der Waals surface area contributed by atoms with Crippen LogP contribution >= 0.6 is 11.6 Å². The average molecular weight is 226 g/mol. The van der Waals surface area contributed by atoms with Crippen LogP contribution in [0.5, 0.6) is 5.75 Å². The third-order valence-corrected chi connectivity index (χ3v) is 2.92. The van der Waals surface area contributed by atoms with E-state index in [0.29, 0.717) is 5.92 Å². The minimum Gasteiger partial charge on any atom is -0.493 e. The molecule has 0 bridgehead atoms. The van der Waals surface area contributed by atoms with Crippen molar-refractivity contribution in [2.45, 2.75) is 12.8 Å². The lowest BCUT2D eigenvalue weighted by Crippen LogP contribution is -2.33. The molecule has 2 nitrogen and oxygen atoms in total. The van der Waals surface area contributed by atoms with Crippen molar-refractivity contribution in [3.05, 3.63) is 29.3 Å². The van der Waals surface area contributed by atoms with Gasteiger partial charge < -0.3 is 10.1 Å². The van der Waals surface area contributed by atoms with Crippen LogP contribution in [0.3, 0.4) is 0 Å². The largest absolute Gasteiger partial charge is 0.493 e. The summed E-state index contributed by atoms with van der Waals surface area (Å²) >= 11 is 5.87. The van der Waals surface area contributed by atoms with E-state index in [1.165, 1.54) is 12.8 Å². The molecule has 15 heavy (non-hydrogen) atoms. The first kappa shape index (κ1) is 10.8. The van der Waals surface area contributed by atoms with Crippen molar-refractivity contribution >= 4 is 11.6 Å². The molecule has 0 aliphatic carbocycles. The SMILES string of the molecule is Clc1cccc(OC[C@H]2CCCNC2)c1. The first-order valence-electron chi connectivity index (χ1n) is 5.44. The van der Waals surface area contributed by atoms with Crippen molar-refractivity contribution in [1.82, 2.24) is 5.32 Å². The van der Waals surface area contributed by atoms with Gasteiger partial charge in [-0.25, -0.2) is 0 Å². The van der Waals surface area contributed by atoms with Gasteiger partial charge in [0.25, 0.3) is 0 Å². The Kier molecular flexibility index (Phi) is 3.87. The molecule has 0 spiro atoms. The van der Waals surface area contributed by atoms with E-state index in [4.69, 9.17) is 16.3 Å². The first-order valence-corrected chi connectivity index (χ1v) is 5.81. The molecule has 1 atom stereocenters. The summed E-state index contributed by atoms with van der Waals surface area (Å²) in [6, 6.07) is 7.58. The number of nitrogens with one attached hydrogen (secondary N) is 1. The summed E-state index contributed by atoms with van der Waals surface area (Å²) in [5.41, 5.74) is 0. The second kappa shape index (κ2) is 5.38. The number of rotatable bonds is 3. The maximum Gasteiger partial charge on any atom is 0.120 e. The molecule has 0 aromatic heterocycles. The van der Waals surface area contributed by atoms with Crippen LogP contribution in [0.2, 0.25) is 5.02 Å². The van der Waals surface area contributed by atoms with Crippen LogP contribution in [0.1, 0.15) is 12.8 Å². The van der Waals surface area contributed by atoms with Gasteiger partial charge in [-0.3, -0.25) is 0 Å². The molecule has 0 saturated carbocycles. The highest BCUT2D eigenvalue weighted by molar-refractivity contribution is 6.30. The summed E-state index contributed by atoms with van der Waals surface area (Å²) in [5, 5.41) is 4.11. The fraction of sp³-hybridized carbons (Fsp3) is 0.500. The van der Waals surface area contributed by atoms with Crippen molar-refractivity contribution in [2.75, 3.05) is 19.7 Å². The Morgan fingerprint density at radius 2 is 2.40 bits per heavy atom. The number of piperidine rings is 1. The standard InChI is InChI=1S/C12H16ClNO/c13-11-4-1-5-12(7-11)15-9-10-3-2-6-14-8-10/h1,4-5,7,10,14H,2-3,6,8-9H2/t10-/m0/s1. The molecule has 82 valence electrons. The number of hydrogen-bond donors (Lipinski definition) is 1. The molecule has 1 aliphatic rings. The van der Waals surface area contributed by atoms with Crippen molar-refractivity contribution < 1.29 is 4.74 Å². The Balaban J connectivity index is 1.81. The quantitative estimate of drug-likeness (QED) is 0.854. The highest BCUT2D eigenvalue weighted by Gasteiger charge is 2.13. The fourth-order valence-electron chi connectivity index (χ4n) is 1.84. The summed E-state index contributed by atoms with van der Waals surface area (Å²) in [7, 11) is 0. The molecule has 0 unspecified atom stereocenters. The second-order valence-corrected chi connectivity index (χ2v) is 4.42. The summed E-state index contributed by atoms with van der Waals surface area (Å²) in [5.74, 6) is 1.51.